The van der Waals surface area contributed by atoms with E-state index in [2.05, 4.69) is 10.3 Å². The van der Waals surface area contributed by atoms with Gasteiger partial charge in [-0.3, -0.25) is 9.20 Å². The third-order valence-corrected chi connectivity index (χ3v) is 5.77. The lowest BCUT2D eigenvalue weighted by Gasteiger charge is -2.09. The number of benzene rings is 2. The Labute approximate surface area is 183 Å². The van der Waals surface area contributed by atoms with Gasteiger partial charge in [-0.1, -0.05) is 12.1 Å². The Morgan fingerprint density at radius 1 is 1.10 bits per heavy atom. The van der Waals surface area contributed by atoms with Gasteiger partial charge in [0.2, 0.25) is 5.91 Å². The zero-order valence-corrected chi connectivity index (χ0v) is 17.9. The van der Waals surface area contributed by atoms with Crippen molar-refractivity contribution in [2.24, 2.45) is 0 Å². The molecule has 8 heteroatoms. The molecule has 0 atom stereocenters. The van der Waals surface area contributed by atoms with Crippen LogP contribution in [-0.2, 0) is 16.0 Å². The Bertz CT molecular complexity index is 1230. The number of nitrogens with zero attached hydrogens (tertiary/aromatic N) is 2. The van der Waals surface area contributed by atoms with Gasteiger partial charge in [0.05, 0.1) is 31.2 Å². The number of rotatable bonds is 7. The van der Waals surface area contributed by atoms with Crippen LogP contribution >= 0.6 is 11.3 Å². The van der Waals surface area contributed by atoms with E-state index in [1.54, 1.807) is 31.4 Å². The number of aromatic nitrogens is 2. The van der Waals surface area contributed by atoms with E-state index < -0.39 is 5.97 Å². The molecule has 0 saturated heterocycles. The molecule has 158 valence electrons. The van der Waals surface area contributed by atoms with Crippen molar-refractivity contribution in [2.45, 2.75) is 12.8 Å². The lowest BCUT2D eigenvalue weighted by Crippen LogP contribution is -2.16. The van der Waals surface area contributed by atoms with Crippen LogP contribution in [0.5, 0.6) is 5.75 Å². The smallest absolute Gasteiger partial charge is 0.339 e. The molecule has 31 heavy (non-hydrogen) atoms. The second kappa shape index (κ2) is 9.01. The summed E-state index contributed by atoms with van der Waals surface area (Å²) in [6.45, 7) is 0. The van der Waals surface area contributed by atoms with Crippen LogP contribution in [0, 0.1) is 0 Å². The van der Waals surface area contributed by atoms with E-state index in [1.165, 1.54) is 18.4 Å². The number of carbonyl (C=O) groups is 2. The number of esters is 1. The summed E-state index contributed by atoms with van der Waals surface area (Å²) in [7, 11) is 2.95. The first-order valence-electron chi connectivity index (χ1n) is 9.66. The molecule has 0 aliphatic rings. The summed E-state index contributed by atoms with van der Waals surface area (Å²) in [5.74, 6) is 0.136. The molecule has 2 heterocycles. The van der Waals surface area contributed by atoms with Crippen LogP contribution in [0.15, 0.2) is 60.1 Å². The van der Waals surface area contributed by atoms with Gasteiger partial charge >= 0.3 is 5.97 Å². The third kappa shape index (κ3) is 4.44. The molecule has 4 aromatic rings. The summed E-state index contributed by atoms with van der Waals surface area (Å²) in [4.78, 5) is 29.9. The number of anilines is 1. The van der Waals surface area contributed by atoms with Crippen LogP contribution in [0.3, 0.4) is 0 Å². The Morgan fingerprint density at radius 3 is 2.61 bits per heavy atom. The zero-order chi connectivity index (χ0) is 21.8. The van der Waals surface area contributed by atoms with E-state index in [9.17, 15) is 9.59 Å². The Morgan fingerprint density at radius 2 is 1.87 bits per heavy atom. The fourth-order valence-corrected chi connectivity index (χ4v) is 4.15. The van der Waals surface area contributed by atoms with Crippen molar-refractivity contribution in [3.8, 4) is 17.0 Å². The monoisotopic (exact) mass is 435 g/mol. The van der Waals surface area contributed by atoms with Gasteiger partial charge in [0.15, 0.2) is 4.96 Å². The normalized spacial score (nSPS) is 10.8. The largest absolute Gasteiger partial charge is 0.497 e. The minimum atomic E-state index is -0.486. The lowest BCUT2D eigenvalue weighted by molar-refractivity contribution is -0.116. The lowest BCUT2D eigenvalue weighted by atomic mass is 10.1. The van der Waals surface area contributed by atoms with E-state index in [0.717, 1.165) is 27.7 Å². The Kier molecular flexibility index (Phi) is 5.99. The van der Waals surface area contributed by atoms with Gasteiger partial charge in [-0.25, -0.2) is 9.78 Å². The third-order valence-electron chi connectivity index (χ3n) is 4.88. The maximum Gasteiger partial charge on any atom is 0.339 e. The van der Waals surface area contributed by atoms with Crippen molar-refractivity contribution < 1.29 is 19.1 Å². The standard InChI is InChI=1S/C23H21N3O4S/c1-29-17-10-7-15(8-11-17)20-13-26-16(14-31-23(26)25-20)9-12-21(27)24-19-6-4-3-5-18(19)22(28)30-2/h3-8,10-11,13-14H,9,12H2,1-2H3,(H,24,27). The van der Waals surface area contributed by atoms with Gasteiger partial charge in [0.1, 0.15) is 5.75 Å². The van der Waals surface area contributed by atoms with Crippen molar-refractivity contribution in [3.63, 3.8) is 0 Å². The molecule has 7 nitrogen and oxygen atoms in total. The zero-order valence-electron chi connectivity index (χ0n) is 17.1. The fourth-order valence-electron chi connectivity index (χ4n) is 3.24. The minimum absolute atomic E-state index is 0.175. The average Bonchev–Trinajstić information content (AvgIpc) is 3.39. The Hall–Kier alpha value is -3.65. The first-order valence-corrected chi connectivity index (χ1v) is 10.5. The van der Waals surface area contributed by atoms with Crippen LogP contribution in [0.2, 0.25) is 0 Å². The summed E-state index contributed by atoms with van der Waals surface area (Å²) in [6, 6.07) is 14.5. The number of carbonyl (C=O) groups excluding carboxylic acids is 2. The molecular formula is C23H21N3O4S. The highest BCUT2D eigenvalue weighted by molar-refractivity contribution is 7.15. The molecule has 0 unspecified atom stereocenters. The van der Waals surface area contributed by atoms with E-state index in [1.807, 2.05) is 40.2 Å². The van der Waals surface area contributed by atoms with E-state index >= 15 is 0 Å². The number of amides is 1. The number of imidazole rings is 1. The average molecular weight is 436 g/mol. The highest BCUT2D eigenvalue weighted by atomic mass is 32.1. The maximum absolute atomic E-state index is 12.5. The number of methoxy groups -OCH3 is 2. The number of ether oxygens (including phenoxy) is 2. The van der Waals surface area contributed by atoms with Gasteiger partial charge in [-0.15, -0.1) is 11.3 Å². The quantitative estimate of drug-likeness (QED) is 0.434. The molecule has 2 aromatic carbocycles. The van der Waals surface area contributed by atoms with E-state index in [4.69, 9.17) is 9.47 Å². The second-order valence-corrected chi connectivity index (χ2v) is 7.66. The van der Waals surface area contributed by atoms with Gasteiger partial charge in [-0.05, 0) is 42.8 Å². The SMILES string of the molecule is COC(=O)c1ccccc1NC(=O)CCc1csc2nc(-c3ccc(OC)cc3)cn12. The molecule has 2 aromatic heterocycles. The molecule has 0 radical (unpaired) electrons. The summed E-state index contributed by atoms with van der Waals surface area (Å²) >= 11 is 1.54. The Balaban J connectivity index is 1.45. The molecule has 0 bridgehead atoms. The van der Waals surface area contributed by atoms with Crippen molar-refractivity contribution >= 4 is 33.9 Å². The number of aryl methyl sites for hydroxylation is 1. The second-order valence-electron chi connectivity index (χ2n) is 6.82. The molecule has 0 aliphatic heterocycles. The summed E-state index contributed by atoms with van der Waals surface area (Å²) in [6.07, 6.45) is 2.80. The van der Waals surface area contributed by atoms with E-state index in [0.29, 0.717) is 17.7 Å². The van der Waals surface area contributed by atoms with Gasteiger partial charge in [0, 0.05) is 29.3 Å². The molecular weight excluding hydrogens is 414 g/mol. The van der Waals surface area contributed by atoms with Gasteiger partial charge in [0.25, 0.3) is 0 Å². The molecule has 1 N–H and O–H groups in total. The first kappa shape index (κ1) is 20.6. The van der Waals surface area contributed by atoms with Crippen molar-refractivity contribution in [1.82, 2.24) is 9.38 Å². The van der Waals surface area contributed by atoms with Crippen molar-refractivity contribution in [3.05, 3.63) is 71.4 Å². The van der Waals surface area contributed by atoms with Crippen LogP contribution in [0.25, 0.3) is 16.2 Å². The van der Waals surface area contributed by atoms with Crippen molar-refractivity contribution in [2.75, 3.05) is 19.5 Å². The predicted molar refractivity (Wildman–Crippen MR) is 120 cm³/mol. The molecule has 0 spiro atoms. The number of para-hydroxylation sites is 1. The molecule has 0 saturated carbocycles. The van der Waals surface area contributed by atoms with Gasteiger partial charge < -0.3 is 14.8 Å². The minimum Gasteiger partial charge on any atom is -0.497 e. The topological polar surface area (TPSA) is 81.9 Å². The summed E-state index contributed by atoms with van der Waals surface area (Å²) in [5, 5.41) is 4.81. The highest BCUT2D eigenvalue weighted by Gasteiger charge is 2.15. The maximum atomic E-state index is 12.5. The molecule has 0 fully saturated rings. The predicted octanol–water partition coefficient (Wildman–Crippen LogP) is 4.43. The molecule has 0 aliphatic carbocycles. The van der Waals surface area contributed by atoms with Crippen molar-refractivity contribution in [1.29, 1.82) is 0 Å². The number of hydrogen-bond acceptors (Lipinski definition) is 6. The highest BCUT2D eigenvalue weighted by Crippen LogP contribution is 2.26. The molecule has 1 amide bonds. The van der Waals surface area contributed by atoms with Gasteiger partial charge in [-0.2, -0.15) is 0 Å². The van der Waals surface area contributed by atoms with E-state index in [-0.39, 0.29) is 12.3 Å². The number of nitrogens with one attached hydrogen (secondary N) is 1. The number of hydrogen-bond donors (Lipinski definition) is 1. The number of fused-ring (bicyclic) bond motifs is 1. The fraction of sp³-hybridized carbons (Fsp3) is 0.174. The first-order chi connectivity index (χ1) is 15.1. The summed E-state index contributed by atoms with van der Waals surface area (Å²) in [5.41, 5.74) is 3.64. The van der Waals surface area contributed by atoms with Crippen LogP contribution in [0.1, 0.15) is 22.5 Å². The van der Waals surface area contributed by atoms with Crippen LogP contribution in [0.4, 0.5) is 5.69 Å². The van der Waals surface area contributed by atoms with Crippen LogP contribution in [-0.4, -0.2) is 35.5 Å². The number of thiazole rings is 1. The van der Waals surface area contributed by atoms with Crippen LogP contribution < -0.4 is 10.1 Å². The summed E-state index contributed by atoms with van der Waals surface area (Å²) < 4.78 is 12.0. The molecule has 4 rings (SSSR count).